The molecule has 7 nitrogen and oxygen atoms in total. The molecular weight excluding hydrogens is 366 g/mol. The second-order valence-corrected chi connectivity index (χ2v) is 8.24. The van der Waals surface area contributed by atoms with E-state index in [1.165, 1.54) is 23.8 Å². The van der Waals surface area contributed by atoms with Crippen molar-refractivity contribution in [2.24, 2.45) is 0 Å². The molecule has 0 saturated heterocycles. The van der Waals surface area contributed by atoms with E-state index in [-0.39, 0.29) is 17.4 Å². The molecule has 0 bridgehead atoms. The third-order valence-corrected chi connectivity index (χ3v) is 5.66. The molecule has 144 valence electrons. The van der Waals surface area contributed by atoms with Crippen molar-refractivity contribution < 1.29 is 17.9 Å². The summed E-state index contributed by atoms with van der Waals surface area (Å²) in [6.45, 7) is 1.83. The van der Waals surface area contributed by atoms with Crippen LogP contribution in [0.5, 0.6) is 5.75 Å². The van der Waals surface area contributed by atoms with Crippen molar-refractivity contribution in [3.63, 3.8) is 0 Å². The van der Waals surface area contributed by atoms with Gasteiger partial charge < -0.3 is 15.0 Å². The molecule has 0 aliphatic carbocycles. The number of carbonyl (C=O) groups is 1. The summed E-state index contributed by atoms with van der Waals surface area (Å²) < 4.78 is 32.8. The average Bonchev–Trinajstić information content (AvgIpc) is 2.65. The van der Waals surface area contributed by atoms with Crippen LogP contribution in [0.2, 0.25) is 0 Å². The number of nitrogens with zero attached hydrogens (tertiary/aromatic N) is 1. The van der Waals surface area contributed by atoms with Crippen molar-refractivity contribution in [3.8, 4) is 5.75 Å². The second-order valence-electron chi connectivity index (χ2n) is 6.47. The summed E-state index contributed by atoms with van der Waals surface area (Å²) >= 11 is 0. The zero-order valence-electron chi connectivity index (χ0n) is 15.1. The molecule has 2 aromatic rings. The number of nitrogens with one attached hydrogen (secondary N) is 2. The van der Waals surface area contributed by atoms with Gasteiger partial charge in [0.2, 0.25) is 10.0 Å². The Morgan fingerprint density at radius 1 is 1.19 bits per heavy atom. The Hall–Kier alpha value is -2.42. The molecule has 8 heteroatoms. The minimum atomic E-state index is -3.63. The van der Waals surface area contributed by atoms with Crippen molar-refractivity contribution >= 4 is 21.6 Å². The third-order valence-electron chi connectivity index (χ3n) is 4.20. The lowest BCUT2D eigenvalue weighted by Crippen LogP contribution is -2.29. The number of benzene rings is 2. The topological polar surface area (TPSA) is 87.7 Å². The summed E-state index contributed by atoms with van der Waals surface area (Å²) in [5.74, 6) is 0.107. The van der Waals surface area contributed by atoms with Crippen LogP contribution in [-0.2, 0) is 21.4 Å². The number of sulfonamides is 1. The minimum Gasteiger partial charge on any atom is -0.482 e. The summed E-state index contributed by atoms with van der Waals surface area (Å²) in [5.41, 5.74) is 1.70. The molecule has 27 heavy (non-hydrogen) atoms. The predicted octanol–water partition coefficient (Wildman–Crippen LogP) is 1.82. The molecule has 1 amide bonds. The Morgan fingerprint density at radius 3 is 2.74 bits per heavy atom. The number of carbonyl (C=O) groups excluding carboxylic acids is 1. The summed E-state index contributed by atoms with van der Waals surface area (Å²) in [6.07, 6.45) is 0.695. The first kappa shape index (κ1) is 19.3. The predicted molar refractivity (Wildman–Crippen MR) is 103 cm³/mol. The highest BCUT2D eigenvalue weighted by molar-refractivity contribution is 7.89. The van der Waals surface area contributed by atoms with E-state index in [1.54, 1.807) is 0 Å². The van der Waals surface area contributed by atoms with Crippen LogP contribution < -0.4 is 14.8 Å². The van der Waals surface area contributed by atoms with E-state index in [9.17, 15) is 13.2 Å². The van der Waals surface area contributed by atoms with Gasteiger partial charge in [0, 0.05) is 19.2 Å². The van der Waals surface area contributed by atoms with Crippen LogP contribution in [0.3, 0.4) is 0 Å². The average molecular weight is 389 g/mol. The van der Waals surface area contributed by atoms with Crippen LogP contribution in [0.15, 0.2) is 53.4 Å². The Kier molecular flexibility index (Phi) is 6.10. The smallest absolute Gasteiger partial charge is 0.262 e. The molecule has 2 N–H and O–H groups in total. The van der Waals surface area contributed by atoms with Gasteiger partial charge in [0.1, 0.15) is 5.75 Å². The van der Waals surface area contributed by atoms with Gasteiger partial charge in [0.25, 0.3) is 5.91 Å². The molecule has 3 rings (SSSR count). The van der Waals surface area contributed by atoms with E-state index in [4.69, 9.17) is 4.74 Å². The Morgan fingerprint density at radius 2 is 1.96 bits per heavy atom. The van der Waals surface area contributed by atoms with E-state index >= 15 is 0 Å². The zero-order valence-corrected chi connectivity index (χ0v) is 16.0. The van der Waals surface area contributed by atoms with Gasteiger partial charge in [-0.1, -0.05) is 30.3 Å². The van der Waals surface area contributed by atoms with Gasteiger partial charge in [-0.15, -0.1) is 0 Å². The van der Waals surface area contributed by atoms with Gasteiger partial charge in [0.15, 0.2) is 6.61 Å². The van der Waals surface area contributed by atoms with Crippen LogP contribution in [0.25, 0.3) is 0 Å². The monoisotopic (exact) mass is 389 g/mol. The van der Waals surface area contributed by atoms with E-state index in [0.717, 1.165) is 13.1 Å². The summed E-state index contributed by atoms with van der Waals surface area (Å²) in [4.78, 5) is 13.6. The quantitative estimate of drug-likeness (QED) is 0.673. The molecule has 1 aliphatic heterocycles. The first-order chi connectivity index (χ1) is 12.9. The first-order valence-corrected chi connectivity index (χ1v) is 10.2. The van der Waals surface area contributed by atoms with Crippen LogP contribution >= 0.6 is 0 Å². The fraction of sp³-hybridized carbons (Fsp3) is 0.316. The maximum Gasteiger partial charge on any atom is 0.262 e. The van der Waals surface area contributed by atoms with E-state index in [2.05, 4.69) is 27.1 Å². The van der Waals surface area contributed by atoms with Crippen molar-refractivity contribution in [2.45, 2.75) is 17.9 Å². The van der Waals surface area contributed by atoms with Gasteiger partial charge >= 0.3 is 0 Å². The molecule has 0 atom stereocenters. The van der Waals surface area contributed by atoms with Crippen molar-refractivity contribution in [3.05, 3.63) is 54.1 Å². The van der Waals surface area contributed by atoms with Crippen molar-refractivity contribution in [1.29, 1.82) is 0 Å². The Bertz CT molecular complexity index is 900. The molecular formula is C19H23N3O4S. The summed E-state index contributed by atoms with van der Waals surface area (Å²) in [5, 5.41) is 2.64. The molecule has 0 aromatic heterocycles. The van der Waals surface area contributed by atoms with Crippen LogP contribution in [0.4, 0.5) is 5.69 Å². The highest BCUT2D eigenvalue weighted by Gasteiger charge is 2.20. The van der Waals surface area contributed by atoms with Gasteiger partial charge in [0.05, 0.1) is 10.6 Å². The summed E-state index contributed by atoms with van der Waals surface area (Å²) in [6, 6.07) is 14.6. The third kappa shape index (κ3) is 5.29. The SMILES string of the molecule is CN(CCCNS(=O)(=O)c1ccc2c(c1)OCC(=O)N2)Cc1ccccc1. The van der Waals surface area contributed by atoms with Crippen molar-refractivity contribution in [2.75, 3.05) is 32.1 Å². The highest BCUT2D eigenvalue weighted by atomic mass is 32.2. The fourth-order valence-corrected chi connectivity index (χ4v) is 3.92. The largest absolute Gasteiger partial charge is 0.482 e. The van der Waals surface area contributed by atoms with Gasteiger partial charge in [-0.3, -0.25) is 4.79 Å². The van der Waals surface area contributed by atoms with Crippen molar-refractivity contribution in [1.82, 2.24) is 9.62 Å². The molecule has 0 unspecified atom stereocenters. The molecule has 0 radical (unpaired) electrons. The molecule has 0 fully saturated rings. The lowest BCUT2D eigenvalue weighted by molar-refractivity contribution is -0.118. The number of hydrogen-bond acceptors (Lipinski definition) is 5. The van der Waals surface area contributed by atoms with Crippen LogP contribution in [-0.4, -0.2) is 46.0 Å². The Balaban J connectivity index is 1.49. The zero-order chi connectivity index (χ0) is 19.3. The maximum absolute atomic E-state index is 12.5. The standard InChI is InChI=1S/C19H23N3O4S/c1-22(13-15-6-3-2-4-7-15)11-5-10-20-27(24,25)16-8-9-17-18(12-16)26-14-19(23)21-17/h2-4,6-9,12,20H,5,10-11,13-14H2,1H3,(H,21,23). The molecule has 0 spiro atoms. The number of hydrogen-bond donors (Lipinski definition) is 2. The van der Waals surface area contributed by atoms with E-state index in [0.29, 0.717) is 24.4 Å². The van der Waals surface area contributed by atoms with Gasteiger partial charge in [-0.25, -0.2) is 13.1 Å². The fourth-order valence-electron chi connectivity index (χ4n) is 2.84. The molecule has 0 saturated carbocycles. The number of rotatable bonds is 8. The highest BCUT2D eigenvalue weighted by Crippen LogP contribution is 2.30. The normalized spacial score (nSPS) is 13.8. The molecule has 1 aliphatic rings. The number of fused-ring (bicyclic) bond motifs is 1. The van der Waals surface area contributed by atoms with Gasteiger partial charge in [-0.05, 0) is 37.7 Å². The van der Waals surface area contributed by atoms with E-state index in [1.807, 2.05) is 25.2 Å². The van der Waals surface area contributed by atoms with Crippen LogP contribution in [0.1, 0.15) is 12.0 Å². The lowest BCUT2D eigenvalue weighted by atomic mass is 10.2. The van der Waals surface area contributed by atoms with Crippen LogP contribution in [0, 0.1) is 0 Å². The minimum absolute atomic E-state index is 0.113. The number of anilines is 1. The number of ether oxygens (including phenoxy) is 1. The molecule has 1 heterocycles. The number of amides is 1. The Labute approximate surface area is 159 Å². The summed E-state index contributed by atoms with van der Waals surface area (Å²) in [7, 11) is -1.61. The van der Waals surface area contributed by atoms with E-state index < -0.39 is 10.0 Å². The second kappa shape index (κ2) is 8.51. The van der Waals surface area contributed by atoms with Gasteiger partial charge in [-0.2, -0.15) is 0 Å². The maximum atomic E-state index is 12.5. The molecule has 2 aromatic carbocycles. The first-order valence-electron chi connectivity index (χ1n) is 8.73. The lowest BCUT2D eigenvalue weighted by Gasteiger charge is -2.19.